The van der Waals surface area contributed by atoms with E-state index >= 15 is 0 Å². The molecule has 8 heteroatoms. The number of rotatable bonds is 5. The molecule has 0 unspecified atom stereocenters. The number of nitrogens with two attached hydrogens (primary N) is 1. The number of aromatic carboxylic acids is 1. The fourth-order valence-corrected chi connectivity index (χ4v) is 2.40. The number of nitrogens with zero attached hydrogens (tertiary/aromatic N) is 1. The summed E-state index contributed by atoms with van der Waals surface area (Å²) in [6, 6.07) is 3.57. The van der Waals surface area contributed by atoms with Gasteiger partial charge in [0.05, 0.1) is 10.6 Å². The van der Waals surface area contributed by atoms with Crippen molar-refractivity contribution in [3.8, 4) is 0 Å². The number of benzene rings is 1. The topological polar surface area (TPSA) is 105 Å². The number of amides is 1. The normalized spacial score (nSPS) is 10.3. The van der Waals surface area contributed by atoms with Crippen LogP contribution in [-0.2, 0) is 6.42 Å². The summed E-state index contributed by atoms with van der Waals surface area (Å²) >= 11 is 1.20. The van der Waals surface area contributed by atoms with Crippen LogP contribution in [0, 0.1) is 5.82 Å². The molecule has 1 amide bonds. The Morgan fingerprint density at radius 2 is 2.19 bits per heavy atom. The van der Waals surface area contributed by atoms with Crippen molar-refractivity contribution >= 4 is 28.9 Å². The van der Waals surface area contributed by atoms with Crippen LogP contribution in [0.25, 0.3) is 0 Å². The van der Waals surface area contributed by atoms with E-state index in [4.69, 9.17) is 10.8 Å². The average molecular weight is 309 g/mol. The first-order valence-corrected chi connectivity index (χ1v) is 6.86. The predicted octanol–water partition coefficient (Wildman–Crippen LogP) is 1.54. The fourth-order valence-electron chi connectivity index (χ4n) is 1.63. The Balaban J connectivity index is 1.92. The molecule has 1 aromatic carbocycles. The minimum absolute atomic E-state index is 0.0179. The molecule has 1 heterocycles. The Kier molecular flexibility index (Phi) is 4.49. The van der Waals surface area contributed by atoms with Crippen molar-refractivity contribution in [1.29, 1.82) is 0 Å². The van der Waals surface area contributed by atoms with Crippen molar-refractivity contribution < 1.29 is 19.1 Å². The van der Waals surface area contributed by atoms with Crippen LogP contribution >= 0.6 is 11.3 Å². The number of nitrogen functional groups attached to an aromatic ring is 1. The van der Waals surface area contributed by atoms with Crippen molar-refractivity contribution in [1.82, 2.24) is 10.3 Å². The molecule has 0 saturated carbocycles. The van der Waals surface area contributed by atoms with Crippen LogP contribution in [-0.4, -0.2) is 28.5 Å². The minimum atomic E-state index is -1.09. The summed E-state index contributed by atoms with van der Waals surface area (Å²) in [6.45, 7) is 0.251. The number of carboxylic acid groups (broad SMARTS) is 1. The second-order valence-electron chi connectivity index (χ2n) is 4.17. The molecule has 0 saturated heterocycles. The third kappa shape index (κ3) is 3.76. The number of anilines is 1. The lowest BCUT2D eigenvalue weighted by molar-refractivity contribution is 0.0690. The number of hydrogen-bond donors (Lipinski definition) is 3. The number of carbonyl (C=O) groups excluding carboxylic acids is 1. The van der Waals surface area contributed by atoms with Crippen LogP contribution in [0.5, 0.6) is 0 Å². The molecule has 0 aliphatic carbocycles. The smallest absolute Gasteiger partial charge is 0.355 e. The third-order valence-electron chi connectivity index (χ3n) is 2.66. The van der Waals surface area contributed by atoms with Gasteiger partial charge in [-0.15, -0.1) is 11.3 Å². The van der Waals surface area contributed by atoms with Crippen molar-refractivity contribution in [2.24, 2.45) is 0 Å². The molecule has 1 aromatic heterocycles. The summed E-state index contributed by atoms with van der Waals surface area (Å²) in [6.07, 6.45) is 0.388. The van der Waals surface area contributed by atoms with Crippen LogP contribution in [0.4, 0.5) is 10.1 Å². The van der Waals surface area contributed by atoms with E-state index in [1.807, 2.05) is 0 Å². The summed E-state index contributed by atoms with van der Waals surface area (Å²) in [5.74, 6) is -2.11. The molecule has 6 nitrogen and oxygen atoms in total. The molecule has 0 atom stereocenters. The summed E-state index contributed by atoms with van der Waals surface area (Å²) in [5, 5.41) is 13.4. The number of carboxylic acids is 1. The maximum absolute atomic E-state index is 13.1. The van der Waals surface area contributed by atoms with Crippen LogP contribution in [0.15, 0.2) is 23.6 Å². The van der Waals surface area contributed by atoms with Gasteiger partial charge in [0.2, 0.25) is 0 Å². The number of hydrogen-bond acceptors (Lipinski definition) is 5. The Hall–Kier alpha value is -2.48. The quantitative estimate of drug-likeness (QED) is 0.726. The molecular formula is C13H12FN3O3S. The van der Waals surface area contributed by atoms with Crippen LogP contribution in [0.1, 0.15) is 25.9 Å². The lowest BCUT2D eigenvalue weighted by atomic mass is 10.1. The molecule has 110 valence electrons. The molecule has 0 spiro atoms. The highest BCUT2D eigenvalue weighted by molar-refractivity contribution is 7.09. The highest BCUT2D eigenvalue weighted by Gasteiger charge is 2.12. The first kappa shape index (κ1) is 14.9. The Bertz CT molecular complexity index is 687. The fraction of sp³-hybridized carbons (Fsp3) is 0.154. The van der Waals surface area contributed by atoms with Gasteiger partial charge in [-0.3, -0.25) is 4.79 Å². The van der Waals surface area contributed by atoms with Gasteiger partial charge in [0.15, 0.2) is 5.69 Å². The van der Waals surface area contributed by atoms with Gasteiger partial charge in [-0.05, 0) is 18.2 Å². The lowest BCUT2D eigenvalue weighted by Gasteiger charge is -2.06. The van der Waals surface area contributed by atoms with E-state index in [0.29, 0.717) is 11.4 Å². The molecule has 0 radical (unpaired) electrons. The maximum Gasteiger partial charge on any atom is 0.355 e. The van der Waals surface area contributed by atoms with Crippen molar-refractivity contribution in [2.45, 2.75) is 6.42 Å². The van der Waals surface area contributed by atoms with Crippen molar-refractivity contribution in [3.63, 3.8) is 0 Å². The van der Waals surface area contributed by atoms with E-state index in [0.717, 1.165) is 6.07 Å². The van der Waals surface area contributed by atoms with Gasteiger partial charge >= 0.3 is 5.97 Å². The zero-order chi connectivity index (χ0) is 15.4. The largest absolute Gasteiger partial charge is 0.476 e. The Labute approximate surface area is 123 Å². The van der Waals surface area contributed by atoms with Crippen molar-refractivity contribution in [3.05, 3.63) is 45.7 Å². The van der Waals surface area contributed by atoms with Gasteiger partial charge in [-0.2, -0.15) is 0 Å². The molecule has 0 fully saturated rings. The minimum Gasteiger partial charge on any atom is -0.476 e. The molecule has 2 aromatic rings. The van der Waals surface area contributed by atoms with Gasteiger partial charge in [-0.25, -0.2) is 14.2 Å². The monoisotopic (exact) mass is 309 g/mol. The van der Waals surface area contributed by atoms with Crippen LogP contribution < -0.4 is 11.1 Å². The van der Waals surface area contributed by atoms with E-state index in [-0.39, 0.29) is 23.5 Å². The molecular weight excluding hydrogens is 297 g/mol. The molecule has 21 heavy (non-hydrogen) atoms. The summed E-state index contributed by atoms with van der Waals surface area (Å²) in [5.41, 5.74) is 5.85. The molecule has 2 rings (SSSR count). The Morgan fingerprint density at radius 1 is 1.43 bits per heavy atom. The zero-order valence-corrected chi connectivity index (χ0v) is 11.6. The van der Waals surface area contributed by atoms with Crippen LogP contribution in [0.3, 0.4) is 0 Å². The van der Waals surface area contributed by atoms with E-state index in [9.17, 15) is 14.0 Å². The SMILES string of the molecule is Nc1ccc(F)cc1C(=O)NCCc1nc(C(=O)O)cs1. The first-order valence-electron chi connectivity index (χ1n) is 5.98. The number of nitrogens with one attached hydrogen (secondary N) is 1. The third-order valence-corrected chi connectivity index (χ3v) is 3.56. The maximum atomic E-state index is 13.1. The van der Waals surface area contributed by atoms with Gasteiger partial charge in [0.1, 0.15) is 5.82 Å². The van der Waals surface area contributed by atoms with E-state index in [2.05, 4.69) is 10.3 Å². The highest BCUT2D eigenvalue weighted by atomic mass is 32.1. The van der Waals surface area contributed by atoms with E-state index < -0.39 is 17.7 Å². The van der Waals surface area contributed by atoms with Crippen molar-refractivity contribution in [2.75, 3.05) is 12.3 Å². The number of thiazole rings is 1. The summed E-state index contributed by atoms with van der Waals surface area (Å²) in [7, 11) is 0. The predicted molar refractivity (Wildman–Crippen MR) is 75.9 cm³/mol. The zero-order valence-electron chi connectivity index (χ0n) is 10.8. The van der Waals surface area contributed by atoms with Crippen LogP contribution in [0.2, 0.25) is 0 Å². The highest BCUT2D eigenvalue weighted by Crippen LogP contribution is 2.13. The van der Waals surface area contributed by atoms with Gasteiger partial charge in [0, 0.05) is 24.0 Å². The van der Waals surface area contributed by atoms with E-state index in [1.165, 1.54) is 28.8 Å². The molecule has 0 aliphatic heterocycles. The first-order chi connectivity index (χ1) is 9.97. The summed E-state index contributed by atoms with van der Waals surface area (Å²) in [4.78, 5) is 26.4. The lowest BCUT2D eigenvalue weighted by Crippen LogP contribution is -2.26. The van der Waals surface area contributed by atoms with Gasteiger partial charge in [-0.1, -0.05) is 0 Å². The molecule has 4 N–H and O–H groups in total. The molecule has 0 bridgehead atoms. The number of aromatic nitrogens is 1. The number of halogens is 1. The second-order valence-corrected chi connectivity index (χ2v) is 5.11. The van der Waals surface area contributed by atoms with Gasteiger partial charge < -0.3 is 16.2 Å². The Morgan fingerprint density at radius 3 is 2.86 bits per heavy atom. The standard InChI is InChI=1S/C13H12FN3O3S/c14-7-1-2-9(15)8(5-7)12(18)16-4-3-11-17-10(6-21-11)13(19)20/h1-2,5-6H,3-4,15H2,(H,16,18)(H,19,20). The van der Waals surface area contributed by atoms with Gasteiger partial charge in [0.25, 0.3) is 5.91 Å². The summed E-state index contributed by atoms with van der Waals surface area (Å²) < 4.78 is 13.1. The number of carbonyl (C=O) groups is 2. The van der Waals surface area contributed by atoms with E-state index in [1.54, 1.807) is 0 Å². The average Bonchev–Trinajstić information content (AvgIpc) is 2.90. The molecule has 0 aliphatic rings. The second kappa shape index (κ2) is 6.31.